The Labute approximate surface area is 214 Å². The smallest absolute Gasteiger partial charge is 0.358 e. The number of aliphatic hydroxyl groups excluding tert-OH is 1. The molecule has 37 heavy (non-hydrogen) atoms. The summed E-state index contributed by atoms with van der Waals surface area (Å²) in [6.45, 7) is 5.97. The summed E-state index contributed by atoms with van der Waals surface area (Å²) in [7, 11) is 0. The van der Waals surface area contributed by atoms with E-state index >= 15 is 0 Å². The third kappa shape index (κ3) is 5.24. The normalized spacial score (nSPS) is 19.6. The number of ether oxygens (including phenoxy) is 2. The van der Waals surface area contributed by atoms with Crippen LogP contribution in [0.15, 0.2) is 54.5 Å². The first kappa shape index (κ1) is 26.0. The molecular weight excluding hydrogens is 478 g/mol. The van der Waals surface area contributed by atoms with Crippen molar-refractivity contribution in [2.75, 3.05) is 12.1 Å². The molecule has 0 radical (unpaired) electrons. The standard InChI is InChI=1S/C27H29N3O7/c1-15(31)21-20-12-19(16-7-5-9-18(11-16)29-23(32)17-8-6-10-28-13-17)22(30(20)24(21)33)25(34)36-14-37-26(35)27(2,3)4/h5-11,13,15,20-21,31H,12,14H2,1-4H3,(H,29,32)/t15-,20-,21-/m1/s1. The van der Waals surface area contributed by atoms with Crippen molar-refractivity contribution >= 4 is 35.0 Å². The second kappa shape index (κ2) is 10.1. The molecule has 194 valence electrons. The predicted octanol–water partition coefficient (Wildman–Crippen LogP) is 2.75. The fourth-order valence-electron chi connectivity index (χ4n) is 4.42. The number of esters is 2. The average molecular weight is 508 g/mol. The molecule has 0 saturated carbocycles. The van der Waals surface area contributed by atoms with Gasteiger partial charge in [0, 0.05) is 18.1 Å². The molecule has 1 aromatic heterocycles. The Morgan fingerprint density at radius 1 is 1.19 bits per heavy atom. The zero-order valence-electron chi connectivity index (χ0n) is 21.1. The van der Waals surface area contributed by atoms with Gasteiger partial charge in [-0.1, -0.05) is 12.1 Å². The Morgan fingerprint density at radius 2 is 1.95 bits per heavy atom. The van der Waals surface area contributed by atoms with Gasteiger partial charge in [-0.2, -0.15) is 0 Å². The lowest BCUT2D eigenvalue weighted by Crippen LogP contribution is -2.61. The van der Waals surface area contributed by atoms with Crippen molar-refractivity contribution in [2.45, 2.75) is 46.3 Å². The largest absolute Gasteiger partial charge is 0.427 e. The number of benzene rings is 1. The number of carbonyl (C=O) groups is 4. The predicted molar refractivity (Wildman–Crippen MR) is 132 cm³/mol. The molecule has 0 aliphatic carbocycles. The molecule has 1 fully saturated rings. The fourth-order valence-corrected chi connectivity index (χ4v) is 4.42. The van der Waals surface area contributed by atoms with Crippen molar-refractivity contribution in [1.29, 1.82) is 0 Å². The summed E-state index contributed by atoms with van der Waals surface area (Å²) in [6.07, 6.45) is 2.45. The Bertz CT molecular complexity index is 1260. The topological polar surface area (TPSA) is 135 Å². The number of anilines is 1. The minimum Gasteiger partial charge on any atom is -0.427 e. The number of aromatic nitrogens is 1. The second-order valence-electron chi connectivity index (χ2n) is 10.1. The number of fused-ring (bicyclic) bond motifs is 1. The van der Waals surface area contributed by atoms with Gasteiger partial charge in [0.1, 0.15) is 5.70 Å². The summed E-state index contributed by atoms with van der Waals surface area (Å²) in [6, 6.07) is 9.77. The van der Waals surface area contributed by atoms with Crippen LogP contribution < -0.4 is 5.32 Å². The molecule has 0 unspecified atom stereocenters. The van der Waals surface area contributed by atoms with Crippen LogP contribution in [0.2, 0.25) is 0 Å². The summed E-state index contributed by atoms with van der Waals surface area (Å²) in [5, 5.41) is 12.9. The molecular formula is C27H29N3O7. The van der Waals surface area contributed by atoms with E-state index in [1.165, 1.54) is 18.0 Å². The Hall–Kier alpha value is -4.05. The van der Waals surface area contributed by atoms with Gasteiger partial charge in [-0.15, -0.1) is 0 Å². The van der Waals surface area contributed by atoms with E-state index in [9.17, 15) is 24.3 Å². The molecule has 4 rings (SSSR count). The SMILES string of the molecule is C[C@@H](O)[C@H]1C(=O)N2C(C(=O)OCOC(=O)C(C)(C)C)=C(c3cccc(NC(=O)c4cccnc4)c3)C[C@H]12. The molecule has 1 aromatic carbocycles. The van der Waals surface area contributed by atoms with E-state index in [-0.39, 0.29) is 17.5 Å². The van der Waals surface area contributed by atoms with Gasteiger partial charge in [0.25, 0.3) is 5.91 Å². The zero-order valence-corrected chi connectivity index (χ0v) is 21.1. The maximum atomic E-state index is 13.1. The quantitative estimate of drug-likeness (QED) is 0.332. The zero-order chi connectivity index (χ0) is 26.9. The minimum absolute atomic E-state index is 0.0365. The first-order valence-corrected chi connectivity index (χ1v) is 11.9. The molecule has 0 spiro atoms. The maximum absolute atomic E-state index is 13.1. The maximum Gasteiger partial charge on any atom is 0.358 e. The Balaban J connectivity index is 1.60. The molecule has 3 heterocycles. The summed E-state index contributed by atoms with van der Waals surface area (Å²) in [4.78, 5) is 55.8. The number of rotatable bonds is 7. The highest BCUT2D eigenvalue weighted by atomic mass is 16.7. The molecule has 2 amide bonds. The van der Waals surface area contributed by atoms with Gasteiger partial charge in [0.15, 0.2) is 0 Å². The van der Waals surface area contributed by atoms with Crippen molar-refractivity contribution in [2.24, 2.45) is 11.3 Å². The number of carbonyl (C=O) groups excluding carboxylic acids is 4. The third-order valence-electron chi connectivity index (χ3n) is 6.31. The van der Waals surface area contributed by atoms with Gasteiger partial charge < -0.3 is 24.8 Å². The van der Waals surface area contributed by atoms with Gasteiger partial charge in [-0.3, -0.25) is 19.4 Å². The lowest BCUT2D eigenvalue weighted by molar-refractivity contribution is -0.175. The number of β-lactam (4-membered cyclic amide) rings is 1. The van der Waals surface area contributed by atoms with Crippen molar-refractivity contribution in [1.82, 2.24) is 9.88 Å². The number of nitrogens with zero attached hydrogens (tertiary/aromatic N) is 2. The first-order valence-electron chi connectivity index (χ1n) is 11.9. The van der Waals surface area contributed by atoms with Crippen LogP contribution in [0.4, 0.5) is 5.69 Å². The number of aliphatic hydroxyl groups is 1. The average Bonchev–Trinajstić information content (AvgIpc) is 3.19. The molecule has 1 saturated heterocycles. The minimum atomic E-state index is -0.886. The highest BCUT2D eigenvalue weighted by Crippen LogP contribution is 2.47. The second-order valence-corrected chi connectivity index (χ2v) is 10.1. The number of pyridine rings is 1. The van der Waals surface area contributed by atoms with Crippen LogP contribution in [0.3, 0.4) is 0 Å². The van der Waals surface area contributed by atoms with E-state index in [0.717, 1.165) is 0 Å². The van der Waals surface area contributed by atoms with Gasteiger partial charge in [-0.25, -0.2) is 4.79 Å². The van der Waals surface area contributed by atoms with E-state index in [2.05, 4.69) is 10.3 Å². The lowest BCUT2D eigenvalue weighted by Gasteiger charge is -2.44. The number of hydrogen-bond acceptors (Lipinski definition) is 8. The van der Waals surface area contributed by atoms with Crippen molar-refractivity contribution in [3.8, 4) is 0 Å². The molecule has 10 heteroatoms. The number of nitrogens with one attached hydrogen (secondary N) is 1. The van der Waals surface area contributed by atoms with Crippen LogP contribution in [-0.2, 0) is 23.9 Å². The van der Waals surface area contributed by atoms with Gasteiger partial charge in [-0.05, 0) is 69.5 Å². The monoisotopic (exact) mass is 507 g/mol. The highest BCUT2D eigenvalue weighted by Gasteiger charge is 2.57. The first-order chi connectivity index (χ1) is 17.5. The van der Waals surface area contributed by atoms with Crippen LogP contribution in [0.5, 0.6) is 0 Å². The fraction of sp³-hybridized carbons (Fsp3) is 0.370. The number of hydrogen-bond donors (Lipinski definition) is 2. The summed E-state index contributed by atoms with van der Waals surface area (Å²) < 4.78 is 10.3. The summed E-state index contributed by atoms with van der Waals surface area (Å²) >= 11 is 0. The number of amides is 2. The molecule has 2 aliphatic rings. The van der Waals surface area contributed by atoms with Crippen LogP contribution in [0.1, 0.15) is 50.0 Å². The molecule has 0 bridgehead atoms. The van der Waals surface area contributed by atoms with Crippen molar-refractivity contribution < 1.29 is 33.8 Å². The third-order valence-corrected chi connectivity index (χ3v) is 6.31. The van der Waals surface area contributed by atoms with E-state index in [4.69, 9.17) is 9.47 Å². The van der Waals surface area contributed by atoms with Crippen LogP contribution >= 0.6 is 0 Å². The summed E-state index contributed by atoms with van der Waals surface area (Å²) in [5.41, 5.74) is 1.28. The van der Waals surface area contributed by atoms with E-state index in [0.29, 0.717) is 28.8 Å². The van der Waals surface area contributed by atoms with Crippen LogP contribution in [-0.4, -0.2) is 57.7 Å². The van der Waals surface area contributed by atoms with Gasteiger partial charge >= 0.3 is 11.9 Å². The van der Waals surface area contributed by atoms with Crippen LogP contribution in [0, 0.1) is 11.3 Å². The molecule has 10 nitrogen and oxygen atoms in total. The van der Waals surface area contributed by atoms with Crippen molar-refractivity contribution in [3.05, 3.63) is 65.6 Å². The molecule has 2 aliphatic heterocycles. The van der Waals surface area contributed by atoms with Crippen LogP contribution in [0.25, 0.3) is 5.57 Å². The Kier molecular flexibility index (Phi) is 7.13. The van der Waals surface area contributed by atoms with E-state index < -0.39 is 42.2 Å². The van der Waals surface area contributed by atoms with Crippen molar-refractivity contribution in [3.63, 3.8) is 0 Å². The summed E-state index contributed by atoms with van der Waals surface area (Å²) in [5.74, 6) is -2.73. The lowest BCUT2D eigenvalue weighted by atomic mass is 9.82. The van der Waals surface area contributed by atoms with Gasteiger partial charge in [0.2, 0.25) is 12.7 Å². The molecule has 2 aromatic rings. The van der Waals surface area contributed by atoms with E-state index in [1.807, 2.05) is 0 Å². The van der Waals surface area contributed by atoms with Gasteiger partial charge in [0.05, 0.1) is 29.0 Å². The Morgan fingerprint density at radius 3 is 2.59 bits per heavy atom. The highest BCUT2D eigenvalue weighted by molar-refractivity contribution is 6.07. The molecule has 2 N–H and O–H groups in total. The molecule has 3 atom stereocenters. The van der Waals surface area contributed by atoms with E-state index in [1.54, 1.807) is 63.4 Å².